The number of thiazole rings is 1. The maximum atomic E-state index is 13.2. The fourth-order valence-corrected chi connectivity index (χ4v) is 7.41. The molecular weight excluding hydrogens is 540 g/mol. The molecular formula is C27H28N4O6S2. The van der Waals surface area contributed by atoms with Crippen LogP contribution in [0.4, 0.5) is 0 Å². The van der Waals surface area contributed by atoms with Gasteiger partial charge in [0.05, 0.1) is 34.8 Å². The molecule has 2 aliphatic carbocycles. The zero-order valence-electron chi connectivity index (χ0n) is 21.5. The highest BCUT2D eigenvalue weighted by Crippen LogP contribution is 2.36. The number of hydrogen-bond donors (Lipinski definition) is 2. The molecule has 12 heteroatoms. The fourth-order valence-electron chi connectivity index (χ4n) is 4.45. The van der Waals surface area contributed by atoms with Gasteiger partial charge in [0.25, 0.3) is 5.91 Å². The van der Waals surface area contributed by atoms with Gasteiger partial charge in [-0.2, -0.15) is 0 Å². The highest BCUT2D eigenvalue weighted by atomic mass is 32.2. The van der Waals surface area contributed by atoms with Gasteiger partial charge in [-0.1, -0.05) is 18.2 Å². The van der Waals surface area contributed by atoms with Crippen molar-refractivity contribution in [2.24, 2.45) is 10.9 Å². The third-order valence-corrected chi connectivity index (χ3v) is 9.76. The normalized spacial score (nSPS) is 19.3. The second kappa shape index (κ2) is 10.9. The molecule has 3 amide bonds. The second-order valence-corrected chi connectivity index (χ2v) is 13.0. The van der Waals surface area contributed by atoms with Crippen LogP contribution in [0.1, 0.15) is 34.2 Å². The van der Waals surface area contributed by atoms with E-state index >= 15 is 0 Å². The van der Waals surface area contributed by atoms with Crippen LogP contribution in [-0.4, -0.2) is 68.9 Å². The first-order chi connectivity index (χ1) is 18.6. The van der Waals surface area contributed by atoms with Gasteiger partial charge in [0.15, 0.2) is 15.1 Å². The van der Waals surface area contributed by atoms with Crippen molar-refractivity contribution in [1.29, 1.82) is 0 Å². The lowest BCUT2D eigenvalue weighted by Crippen LogP contribution is -2.41. The van der Waals surface area contributed by atoms with Crippen LogP contribution in [0.15, 0.2) is 47.5 Å². The average molecular weight is 569 g/mol. The van der Waals surface area contributed by atoms with Gasteiger partial charge in [-0.05, 0) is 54.7 Å². The molecule has 5 rings (SSSR count). The molecule has 1 aromatic heterocycles. The Morgan fingerprint density at radius 3 is 2.74 bits per heavy atom. The van der Waals surface area contributed by atoms with Gasteiger partial charge in [0.1, 0.15) is 5.01 Å². The van der Waals surface area contributed by atoms with Crippen molar-refractivity contribution in [3.8, 4) is 0 Å². The summed E-state index contributed by atoms with van der Waals surface area (Å²) in [6.07, 6.45) is 10.8. The average Bonchev–Trinajstić information content (AvgIpc) is 3.62. The molecule has 0 bridgehead atoms. The molecule has 2 N–H and O–H groups in total. The summed E-state index contributed by atoms with van der Waals surface area (Å²) in [6, 6.07) is 3.92. The van der Waals surface area contributed by atoms with Crippen LogP contribution in [0, 0.1) is 12.8 Å². The van der Waals surface area contributed by atoms with Crippen molar-refractivity contribution in [2.45, 2.75) is 31.1 Å². The monoisotopic (exact) mass is 568 g/mol. The summed E-state index contributed by atoms with van der Waals surface area (Å²) < 4.78 is 32.2. The Hall–Kier alpha value is -3.48. The summed E-state index contributed by atoms with van der Waals surface area (Å²) >= 11 is 1.13. The number of aliphatic imine (C=N–C) groups is 1. The quantitative estimate of drug-likeness (QED) is 0.447. The number of aryl methyl sites for hydroxylation is 1. The molecule has 2 heterocycles. The SMILES string of the molecule is COCCS(=O)(=O)C(C(=O)NCC(=O)NC1CC1)c1nc2cc(C)c(C3=CC4C=CC(=O)N=C4C=C3)cc2s1. The first-order valence-electron chi connectivity index (χ1n) is 12.5. The highest BCUT2D eigenvalue weighted by molar-refractivity contribution is 7.92. The van der Waals surface area contributed by atoms with Gasteiger partial charge < -0.3 is 15.4 Å². The predicted octanol–water partition coefficient (Wildman–Crippen LogP) is 2.21. The van der Waals surface area contributed by atoms with Crippen LogP contribution in [0.25, 0.3) is 15.8 Å². The largest absolute Gasteiger partial charge is 0.384 e. The van der Waals surface area contributed by atoms with Gasteiger partial charge >= 0.3 is 0 Å². The third-order valence-electron chi connectivity index (χ3n) is 6.64. The van der Waals surface area contributed by atoms with E-state index in [1.165, 1.54) is 13.2 Å². The van der Waals surface area contributed by atoms with Crippen LogP contribution in [0.5, 0.6) is 0 Å². The molecule has 10 nitrogen and oxygen atoms in total. The second-order valence-electron chi connectivity index (χ2n) is 9.70. The van der Waals surface area contributed by atoms with Crippen LogP contribution in [0.3, 0.4) is 0 Å². The number of nitrogens with zero attached hydrogens (tertiary/aromatic N) is 2. The molecule has 0 radical (unpaired) electrons. The summed E-state index contributed by atoms with van der Waals surface area (Å²) in [5.74, 6) is -1.90. The van der Waals surface area contributed by atoms with Gasteiger partial charge in [0, 0.05) is 25.1 Å². The summed E-state index contributed by atoms with van der Waals surface area (Å²) in [7, 11) is -2.61. The van der Waals surface area contributed by atoms with Crippen molar-refractivity contribution < 1.29 is 27.5 Å². The number of rotatable bonds is 10. The molecule has 0 saturated heterocycles. The molecule has 204 valence electrons. The molecule has 2 atom stereocenters. The first-order valence-corrected chi connectivity index (χ1v) is 15.1. The van der Waals surface area contributed by atoms with Crippen LogP contribution in [-0.2, 0) is 29.0 Å². The lowest BCUT2D eigenvalue weighted by molar-refractivity contribution is -0.126. The van der Waals surface area contributed by atoms with Crippen LogP contribution < -0.4 is 10.6 Å². The number of aromatic nitrogens is 1. The molecule has 0 spiro atoms. The molecule has 1 saturated carbocycles. The van der Waals surface area contributed by atoms with Crippen LogP contribution in [0.2, 0.25) is 0 Å². The Morgan fingerprint density at radius 1 is 1.21 bits per heavy atom. The van der Waals surface area contributed by atoms with Gasteiger partial charge in [-0.15, -0.1) is 11.3 Å². The minimum Gasteiger partial charge on any atom is -0.384 e. The van der Waals surface area contributed by atoms with E-state index in [-0.39, 0.29) is 47.7 Å². The standard InChI is InChI=1S/C27H28N4O6S2/c1-15-11-21-22(13-19(15)16-3-7-20-17(12-16)4-8-23(32)30-20)38-27(31-21)25(39(35,36)10-9-37-2)26(34)28-14-24(33)29-18-5-6-18/h3-4,7-8,11-13,17-18,25H,5-6,9-10,14H2,1-2H3,(H,28,34)(H,29,33). The molecule has 39 heavy (non-hydrogen) atoms. The van der Waals surface area contributed by atoms with Gasteiger partial charge in [-0.3, -0.25) is 14.4 Å². The summed E-state index contributed by atoms with van der Waals surface area (Å²) in [4.78, 5) is 45.5. The molecule has 1 aliphatic heterocycles. The smallest absolute Gasteiger partial charge is 0.269 e. The number of nitrogens with one attached hydrogen (secondary N) is 2. The number of fused-ring (bicyclic) bond motifs is 2. The number of carbonyl (C=O) groups excluding carboxylic acids is 3. The zero-order valence-corrected chi connectivity index (χ0v) is 23.1. The topological polar surface area (TPSA) is 144 Å². The maximum absolute atomic E-state index is 13.2. The molecule has 3 aliphatic rings. The Kier molecular flexibility index (Phi) is 7.61. The number of allylic oxidation sites excluding steroid dienone is 5. The predicted molar refractivity (Wildman–Crippen MR) is 149 cm³/mol. The van der Waals surface area contributed by atoms with E-state index in [0.717, 1.165) is 45.6 Å². The number of methoxy groups -OCH3 is 1. The summed E-state index contributed by atoms with van der Waals surface area (Å²) in [5.41, 5.74) is 4.06. The zero-order chi connectivity index (χ0) is 27.7. The van der Waals surface area contributed by atoms with Crippen molar-refractivity contribution in [3.63, 3.8) is 0 Å². The lowest BCUT2D eigenvalue weighted by atomic mass is 9.88. The van der Waals surface area contributed by atoms with Crippen molar-refractivity contribution in [3.05, 3.63) is 58.6 Å². The van der Waals surface area contributed by atoms with Crippen molar-refractivity contribution >= 4 is 60.4 Å². The summed E-state index contributed by atoms with van der Waals surface area (Å²) in [6.45, 7) is 1.55. The van der Waals surface area contributed by atoms with E-state index in [0.29, 0.717) is 11.2 Å². The Bertz CT molecular complexity index is 1580. The minimum atomic E-state index is -3.99. The number of ether oxygens (including phenoxy) is 1. The highest BCUT2D eigenvalue weighted by Gasteiger charge is 2.37. The Morgan fingerprint density at radius 2 is 2.00 bits per heavy atom. The van der Waals surface area contributed by atoms with E-state index in [2.05, 4.69) is 20.6 Å². The molecule has 2 aromatic rings. The number of sulfone groups is 1. The van der Waals surface area contributed by atoms with Crippen molar-refractivity contribution in [1.82, 2.24) is 15.6 Å². The van der Waals surface area contributed by atoms with E-state index < -0.39 is 21.0 Å². The van der Waals surface area contributed by atoms with E-state index in [1.807, 2.05) is 43.4 Å². The third kappa shape index (κ3) is 6.07. The van der Waals surface area contributed by atoms with Gasteiger partial charge in [0.2, 0.25) is 11.8 Å². The van der Waals surface area contributed by atoms with E-state index in [1.54, 1.807) is 0 Å². The number of dihydropyridines is 1. The Balaban J connectivity index is 1.45. The lowest BCUT2D eigenvalue weighted by Gasteiger charge is -2.19. The van der Waals surface area contributed by atoms with E-state index in [9.17, 15) is 22.8 Å². The molecule has 1 fully saturated rings. The number of hydrogen-bond acceptors (Lipinski definition) is 8. The first kappa shape index (κ1) is 27.1. The maximum Gasteiger partial charge on any atom is 0.269 e. The number of carbonyl (C=O) groups is 3. The van der Waals surface area contributed by atoms with Crippen molar-refractivity contribution in [2.75, 3.05) is 26.0 Å². The minimum absolute atomic E-state index is 0.0740. The fraction of sp³-hybridized carbons (Fsp3) is 0.370. The number of amides is 3. The molecule has 1 aromatic carbocycles. The number of benzene rings is 1. The Labute approximate surface area is 229 Å². The van der Waals surface area contributed by atoms with E-state index in [4.69, 9.17) is 4.74 Å². The summed E-state index contributed by atoms with van der Waals surface area (Å²) in [5, 5.41) is 3.82. The molecule has 2 unspecified atom stereocenters. The van der Waals surface area contributed by atoms with Crippen LogP contribution >= 0.6 is 11.3 Å². The van der Waals surface area contributed by atoms with Gasteiger partial charge in [-0.25, -0.2) is 18.4 Å².